The van der Waals surface area contributed by atoms with Crippen LogP contribution in [0.5, 0.6) is 11.5 Å². The van der Waals surface area contributed by atoms with E-state index in [-0.39, 0.29) is 17.1 Å². The van der Waals surface area contributed by atoms with Gasteiger partial charge < -0.3 is 9.47 Å². The predicted octanol–water partition coefficient (Wildman–Crippen LogP) is 7.06. The second-order valence-electron chi connectivity index (χ2n) is 11.1. The molecule has 1 heterocycles. The monoisotopic (exact) mass is 605 g/mol. The fourth-order valence-electron chi connectivity index (χ4n) is 4.44. The molecule has 0 spiro atoms. The van der Waals surface area contributed by atoms with Crippen molar-refractivity contribution in [3.05, 3.63) is 120 Å². The zero-order valence-corrected chi connectivity index (χ0v) is 26.0. The number of rotatable bonds is 11. The Morgan fingerprint density at radius 2 is 1.61 bits per heavy atom. The van der Waals surface area contributed by atoms with E-state index in [1.807, 2.05) is 83.4 Å². The van der Waals surface area contributed by atoms with Crippen LogP contribution in [0.25, 0.3) is 17.1 Å². The van der Waals surface area contributed by atoms with Crippen molar-refractivity contribution in [2.75, 3.05) is 12.9 Å². The molecule has 0 saturated carbocycles. The molecule has 0 fully saturated rings. The minimum atomic E-state index is -0.265. The van der Waals surface area contributed by atoms with E-state index in [1.165, 1.54) is 17.3 Å². The topological polar surface area (TPSA) is 90.6 Å². The highest BCUT2D eigenvalue weighted by atomic mass is 32.2. The molecule has 44 heavy (non-hydrogen) atoms. The van der Waals surface area contributed by atoms with E-state index < -0.39 is 0 Å². The number of aromatic nitrogens is 3. The maximum atomic E-state index is 12.7. The lowest BCUT2D eigenvalue weighted by Crippen LogP contribution is -2.20. The highest BCUT2D eigenvalue weighted by Crippen LogP contribution is 2.31. The second-order valence-corrected chi connectivity index (χ2v) is 12.0. The number of hydrogen-bond donors (Lipinski definition) is 1. The van der Waals surface area contributed by atoms with Crippen LogP contribution in [0.2, 0.25) is 0 Å². The summed E-state index contributed by atoms with van der Waals surface area (Å²) >= 11 is 1.30. The maximum absolute atomic E-state index is 12.7. The number of nitrogens with zero attached hydrogens (tertiary/aromatic N) is 4. The minimum absolute atomic E-state index is 0.0499. The lowest BCUT2D eigenvalue weighted by molar-refractivity contribution is -0.118. The molecule has 0 aliphatic heterocycles. The molecule has 5 rings (SSSR count). The number of thioether (sulfide) groups is 1. The smallest absolute Gasteiger partial charge is 0.250 e. The first-order chi connectivity index (χ1) is 21.3. The van der Waals surface area contributed by atoms with Gasteiger partial charge in [-0.3, -0.25) is 9.36 Å². The van der Waals surface area contributed by atoms with E-state index in [0.29, 0.717) is 29.1 Å². The number of hydrogen-bond acceptors (Lipinski definition) is 7. The molecule has 0 radical (unpaired) electrons. The molecule has 0 aliphatic rings. The first kappa shape index (κ1) is 30.6. The van der Waals surface area contributed by atoms with E-state index in [2.05, 4.69) is 65.8 Å². The molecule has 4 aromatic carbocycles. The number of benzene rings is 4. The molecule has 5 aromatic rings. The number of para-hydroxylation sites is 1. The zero-order valence-electron chi connectivity index (χ0n) is 25.2. The van der Waals surface area contributed by atoms with E-state index in [4.69, 9.17) is 9.47 Å². The molecule has 224 valence electrons. The van der Waals surface area contributed by atoms with Crippen molar-refractivity contribution in [3.63, 3.8) is 0 Å². The lowest BCUT2D eigenvalue weighted by atomic mass is 9.87. The summed E-state index contributed by atoms with van der Waals surface area (Å²) in [6.45, 7) is 6.97. The molecular formula is C35H35N5O3S. The predicted molar refractivity (Wildman–Crippen MR) is 176 cm³/mol. The summed E-state index contributed by atoms with van der Waals surface area (Å²) in [6, 6.07) is 33.6. The molecule has 1 aromatic heterocycles. The van der Waals surface area contributed by atoms with Gasteiger partial charge in [-0.25, -0.2) is 5.43 Å². The van der Waals surface area contributed by atoms with Gasteiger partial charge in [0, 0.05) is 11.3 Å². The molecule has 0 bridgehead atoms. The van der Waals surface area contributed by atoms with Gasteiger partial charge in [0.25, 0.3) is 5.91 Å². The van der Waals surface area contributed by atoms with Gasteiger partial charge in [0.05, 0.1) is 19.1 Å². The number of carbonyl (C=O) groups excluding carboxylic acids is 1. The summed E-state index contributed by atoms with van der Waals surface area (Å²) in [5, 5.41) is 13.7. The number of hydrazone groups is 1. The largest absolute Gasteiger partial charge is 0.493 e. The standard InChI is InChI=1S/C35H35N5O3S/c1-35(2,3)28-18-16-27(17-19-28)33-38-39-34(40(33)29-13-9-6-10-14-29)44-24-32(41)37-36-22-26-15-20-30(42-4)31(21-26)43-23-25-11-7-5-8-12-25/h5-22H,23-24H2,1-4H3,(H,37,41)/b36-22-. The minimum Gasteiger partial charge on any atom is -0.493 e. The maximum Gasteiger partial charge on any atom is 0.250 e. The van der Waals surface area contributed by atoms with E-state index in [1.54, 1.807) is 13.3 Å². The molecule has 8 nitrogen and oxygen atoms in total. The fourth-order valence-corrected chi connectivity index (χ4v) is 5.19. The van der Waals surface area contributed by atoms with Gasteiger partial charge in [0.2, 0.25) is 0 Å². The van der Waals surface area contributed by atoms with Crippen molar-refractivity contribution in [2.45, 2.75) is 37.9 Å². The van der Waals surface area contributed by atoms with Crippen LogP contribution in [0.15, 0.2) is 113 Å². The quantitative estimate of drug-likeness (QED) is 0.0985. The van der Waals surface area contributed by atoms with Crippen LogP contribution in [0.4, 0.5) is 0 Å². The normalized spacial score (nSPS) is 11.5. The molecular weight excluding hydrogens is 570 g/mol. The van der Waals surface area contributed by atoms with Gasteiger partial charge in [-0.05, 0) is 52.4 Å². The van der Waals surface area contributed by atoms with Crippen molar-refractivity contribution in [3.8, 4) is 28.6 Å². The summed E-state index contributed by atoms with van der Waals surface area (Å²) < 4.78 is 13.4. The van der Waals surface area contributed by atoms with Crippen LogP contribution < -0.4 is 14.9 Å². The Morgan fingerprint density at radius 1 is 0.909 bits per heavy atom. The number of methoxy groups -OCH3 is 1. The first-order valence-electron chi connectivity index (χ1n) is 14.2. The Balaban J connectivity index is 1.25. The van der Waals surface area contributed by atoms with Gasteiger partial charge in [0.15, 0.2) is 22.5 Å². The van der Waals surface area contributed by atoms with E-state index in [0.717, 1.165) is 22.4 Å². The van der Waals surface area contributed by atoms with Crippen molar-refractivity contribution >= 4 is 23.9 Å². The number of carbonyl (C=O) groups is 1. The highest BCUT2D eigenvalue weighted by Gasteiger charge is 2.19. The molecule has 0 unspecified atom stereocenters. The average molecular weight is 606 g/mol. The zero-order chi connectivity index (χ0) is 30.9. The fraction of sp³-hybridized carbons (Fsp3) is 0.200. The van der Waals surface area contributed by atoms with Crippen LogP contribution in [-0.4, -0.2) is 39.7 Å². The third-order valence-electron chi connectivity index (χ3n) is 6.82. The Morgan fingerprint density at radius 3 is 2.30 bits per heavy atom. The van der Waals surface area contributed by atoms with Crippen LogP contribution in [0.1, 0.15) is 37.5 Å². The SMILES string of the molecule is COc1ccc(/C=N\NC(=O)CSc2nnc(-c3ccc(C(C)(C)C)cc3)n2-c2ccccc2)cc1OCc1ccccc1. The van der Waals surface area contributed by atoms with E-state index in [9.17, 15) is 4.79 Å². The van der Waals surface area contributed by atoms with Crippen LogP contribution in [0, 0.1) is 0 Å². The van der Waals surface area contributed by atoms with Crippen molar-refractivity contribution in [1.82, 2.24) is 20.2 Å². The number of nitrogens with one attached hydrogen (secondary N) is 1. The molecule has 0 atom stereocenters. The Hall–Kier alpha value is -4.89. The van der Waals surface area contributed by atoms with Crippen molar-refractivity contribution < 1.29 is 14.3 Å². The molecule has 0 saturated heterocycles. The lowest BCUT2D eigenvalue weighted by Gasteiger charge is -2.19. The van der Waals surface area contributed by atoms with Crippen LogP contribution in [-0.2, 0) is 16.8 Å². The van der Waals surface area contributed by atoms with Crippen molar-refractivity contribution in [2.24, 2.45) is 5.10 Å². The summed E-state index contributed by atoms with van der Waals surface area (Å²) in [5.41, 5.74) is 7.56. The van der Waals surface area contributed by atoms with Crippen molar-refractivity contribution in [1.29, 1.82) is 0 Å². The Kier molecular flexibility index (Phi) is 9.76. The van der Waals surface area contributed by atoms with Gasteiger partial charge in [-0.15, -0.1) is 10.2 Å². The Bertz CT molecular complexity index is 1710. The van der Waals surface area contributed by atoms with Gasteiger partial charge >= 0.3 is 0 Å². The molecule has 0 aliphatic carbocycles. The van der Waals surface area contributed by atoms with Gasteiger partial charge in [-0.2, -0.15) is 5.10 Å². The number of ether oxygens (including phenoxy) is 2. The first-order valence-corrected chi connectivity index (χ1v) is 15.2. The third kappa shape index (κ3) is 7.73. The number of amides is 1. The Labute approximate surface area is 262 Å². The second kappa shape index (κ2) is 14.1. The molecule has 1 amide bonds. The van der Waals surface area contributed by atoms with Crippen LogP contribution >= 0.6 is 11.8 Å². The average Bonchev–Trinajstić information content (AvgIpc) is 3.47. The molecule has 9 heteroatoms. The van der Waals surface area contributed by atoms with Gasteiger partial charge in [-0.1, -0.05) is 105 Å². The van der Waals surface area contributed by atoms with Gasteiger partial charge in [0.1, 0.15) is 6.61 Å². The summed E-state index contributed by atoms with van der Waals surface area (Å²) in [4.78, 5) is 12.7. The van der Waals surface area contributed by atoms with E-state index >= 15 is 0 Å². The summed E-state index contributed by atoms with van der Waals surface area (Å²) in [6.07, 6.45) is 1.57. The third-order valence-corrected chi connectivity index (χ3v) is 7.75. The summed E-state index contributed by atoms with van der Waals surface area (Å²) in [7, 11) is 1.60. The highest BCUT2D eigenvalue weighted by molar-refractivity contribution is 7.99. The molecule has 1 N–H and O–H groups in total. The summed E-state index contributed by atoms with van der Waals surface area (Å²) in [5.74, 6) is 1.76. The van der Waals surface area contributed by atoms with Crippen LogP contribution in [0.3, 0.4) is 0 Å².